The van der Waals surface area contributed by atoms with E-state index in [1.807, 2.05) is 30.3 Å². The van der Waals surface area contributed by atoms with Crippen LogP contribution >= 0.6 is 11.5 Å². The Bertz CT molecular complexity index is 976. The van der Waals surface area contributed by atoms with E-state index in [-0.39, 0.29) is 5.56 Å². The first-order valence-corrected chi connectivity index (χ1v) is 11.3. The molecule has 8 heteroatoms. The molecule has 0 saturated heterocycles. The van der Waals surface area contributed by atoms with Crippen LogP contribution in [-0.2, 0) is 0 Å². The Morgan fingerprint density at radius 3 is 2.61 bits per heavy atom. The molecule has 1 aliphatic rings. The number of anilines is 2. The van der Waals surface area contributed by atoms with Crippen molar-refractivity contribution in [2.75, 3.05) is 18.9 Å². The number of H-pyrrole nitrogens is 1. The number of para-hydroxylation sites is 1. The maximum atomic E-state index is 11.4. The molecule has 0 atom stereocenters. The van der Waals surface area contributed by atoms with Gasteiger partial charge in [0.2, 0.25) is 5.88 Å². The fraction of sp³-hybridized carbons (Fsp3) is 0.348. The van der Waals surface area contributed by atoms with E-state index in [4.69, 9.17) is 10.1 Å². The third-order valence-corrected chi connectivity index (χ3v) is 5.87. The van der Waals surface area contributed by atoms with Gasteiger partial charge in [-0.25, -0.2) is 4.98 Å². The SMILES string of the molecule is CNCC1CCCCC1.N=Cc1c(Nc2ccc(Oc3ccccc3)nc2)s[nH]c1=O. The van der Waals surface area contributed by atoms with E-state index < -0.39 is 0 Å². The van der Waals surface area contributed by atoms with E-state index in [1.54, 1.807) is 18.3 Å². The number of hydrogen-bond donors (Lipinski definition) is 4. The number of nitrogens with zero attached hydrogens (tertiary/aromatic N) is 1. The van der Waals surface area contributed by atoms with Crippen LogP contribution in [0.4, 0.5) is 10.7 Å². The molecule has 0 aliphatic heterocycles. The third kappa shape index (κ3) is 7.04. The standard InChI is InChI=1S/C15H12N4O2S.C8H17N/c16-8-12-14(20)19-22-15(12)18-10-6-7-13(17-9-10)21-11-4-2-1-3-5-11;1-9-7-8-5-3-2-4-6-8/h1-9,16,18H,(H,19,20);8-9H,2-7H2,1H3. The molecule has 0 spiro atoms. The van der Waals surface area contributed by atoms with Crippen LogP contribution in [0, 0.1) is 11.3 Å². The molecule has 164 valence electrons. The average molecular weight is 440 g/mol. The predicted molar refractivity (Wildman–Crippen MR) is 127 cm³/mol. The molecule has 1 fully saturated rings. The van der Waals surface area contributed by atoms with Crippen LogP contribution in [0.15, 0.2) is 53.5 Å². The van der Waals surface area contributed by atoms with E-state index >= 15 is 0 Å². The third-order valence-electron chi connectivity index (χ3n) is 5.06. The molecule has 4 N–H and O–H groups in total. The molecule has 7 nitrogen and oxygen atoms in total. The molecule has 2 aromatic heterocycles. The summed E-state index contributed by atoms with van der Waals surface area (Å²) in [7, 11) is 2.05. The minimum atomic E-state index is -0.278. The van der Waals surface area contributed by atoms with Crippen molar-refractivity contribution in [2.24, 2.45) is 5.92 Å². The Morgan fingerprint density at radius 1 is 1.19 bits per heavy atom. The largest absolute Gasteiger partial charge is 0.439 e. The summed E-state index contributed by atoms with van der Waals surface area (Å²) in [6, 6.07) is 12.9. The molecule has 2 heterocycles. The summed E-state index contributed by atoms with van der Waals surface area (Å²) in [4.78, 5) is 15.7. The summed E-state index contributed by atoms with van der Waals surface area (Å²) in [6.07, 6.45) is 9.95. The van der Waals surface area contributed by atoms with E-state index in [2.05, 4.69) is 27.0 Å². The summed E-state index contributed by atoms with van der Waals surface area (Å²) >= 11 is 1.14. The monoisotopic (exact) mass is 439 g/mol. The molecule has 1 saturated carbocycles. The zero-order valence-corrected chi connectivity index (χ0v) is 18.5. The zero-order valence-electron chi connectivity index (χ0n) is 17.7. The summed E-state index contributed by atoms with van der Waals surface area (Å²) < 4.78 is 8.18. The van der Waals surface area contributed by atoms with Gasteiger partial charge in [-0.1, -0.05) is 37.5 Å². The molecule has 0 bridgehead atoms. The molecule has 0 amide bonds. The predicted octanol–water partition coefficient (Wildman–Crippen LogP) is 5.15. The number of pyridine rings is 1. The topological polar surface area (TPSA) is 103 Å². The van der Waals surface area contributed by atoms with Gasteiger partial charge in [-0.05, 0) is 62.1 Å². The van der Waals surface area contributed by atoms with Gasteiger partial charge in [0, 0.05) is 12.3 Å². The molecule has 4 rings (SSSR count). The van der Waals surface area contributed by atoms with E-state index in [1.165, 1.54) is 38.6 Å². The van der Waals surface area contributed by atoms with E-state index in [0.717, 1.165) is 23.7 Å². The van der Waals surface area contributed by atoms with Crippen molar-refractivity contribution in [3.8, 4) is 11.6 Å². The zero-order chi connectivity index (χ0) is 21.9. The van der Waals surface area contributed by atoms with Gasteiger partial charge in [0.25, 0.3) is 5.56 Å². The second-order valence-electron chi connectivity index (χ2n) is 7.41. The van der Waals surface area contributed by atoms with Crippen LogP contribution < -0.4 is 20.9 Å². The number of benzene rings is 1. The lowest BCUT2D eigenvalue weighted by atomic mass is 9.89. The molecule has 0 unspecified atom stereocenters. The maximum Gasteiger partial charge on any atom is 0.269 e. The van der Waals surface area contributed by atoms with Crippen LogP contribution in [0.1, 0.15) is 37.7 Å². The number of nitrogens with one attached hydrogen (secondary N) is 4. The molecule has 1 aromatic carbocycles. The van der Waals surface area contributed by atoms with E-state index in [9.17, 15) is 4.79 Å². The number of aromatic nitrogens is 2. The van der Waals surface area contributed by atoms with Crippen LogP contribution in [-0.4, -0.2) is 29.2 Å². The van der Waals surface area contributed by atoms with Crippen molar-refractivity contribution in [3.63, 3.8) is 0 Å². The Kier molecular flexibility index (Phi) is 8.81. The Morgan fingerprint density at radius 2 is 1.97 bits per heavy atom. The second kappa shape index (κ2) is 12.0. The fourth-order valence-corrected chi connectivity index (χ4v) is 4.20. The smallest absolute Gasteiger partial charge is 0.269 e. The molecule has 1 aliphatic carbocycles. The lowest BCUT2D eigenvalue weighted by Gasteiger charge is -2.20. The molecule has 3 aromatic rings. The number of ether oxygens (including phenoxy) is 1. The van der Waals surface area contributed by atoms with Gasteiger partial charge in [-0.15, -0.1) is 0 Å². The second-order valence-corrected chi connectivity index (χ2v) is 8.22. The van der Waals surface area contributed by atoms with Crippen LogP contribution in [0.5, 0.6) is 11.6 Å². The van der Waals surface area contributed by atoms with Crippen molar-refractivity contribution in [2.45, 2.75) is 32.1 Å². The maximum absolute atomic E-state index is 11.4. The van der Waals surface area contributed by atoms with Gasteiger partial charge in [0.15, 0.2) is 0 Å². The van der Waals surface area contributed by atoms with Gasteiger partial charge in [-0.2, -0.15) is 0 Å². The van der Waals surface area contributed by atoms with Crippen molar-refractivity contribution >= 4 is 28.4 Å². The first kappa shape index (κ1) is 22.7. The summed E-state index contributed by atoms with van der Waals surface area (Å²) in [6.45, 7) is 1.24. The molecule has 0 radical (unpaired) electrons. The van der Waals surface area contributed by atoms with Crippen molar-refractivity contribution in [1.29, 1.82) is 5.41 Å². The highest BCUT2D eigenvalue weighted by Crippen LogP contribution is 2.24. The lowest BCUT2D eigenvalue weighted by Crippen LogP contribution is -2.20. The summed E-state index contributed by atoms with van der Waals surface area (Å²) in [5.74, 6) is 2.18. The van der Waals surface area contributed by atoms with Crippen LogP contribution in [0.25, 0.3) is 0 Å². The van der Waals surface area contributed by atoms with Gasteiger partial charge >= 0.3 is 0 Å². The minimum Gasteiger partial charge on any atom is -0.439 e. The van der Waals surface area contributed by atoms with Crippen molar-refractivity contribution < 1.29 is 4.74 Å². The number of rotatable bonds is 7. The Balaban J connectivity index is 0.000000254. The highest BCUT2D eigenvalue weighted by atomic mass is 32.1. The Hall–Kier alpha value is -2.97. The fourth-order valence-electron chi connectivity index (χ4n) is 3.47. The summed E-state index contributed by atoms with van der Waals surface area (Å²) in [5, 5.41) is 14.1. The quantitative estimate of drug-likeness (QED) is 0.381. The van der Waals surface area contributed by atoms with Crippen molar-refractivity contribution in [1.82, 2.24) is 14.7 Å². The minimum absolute atomic E-state index is 0.278. The average Bonchev–Trinajstić information content (AvgIpc) is 3.16. The lowest BCUT2D eigenvalue weighted by molar-refractivity contribution is 0.350. The normalized spacial score (nSPS) is 13.7. The number of hydrogen-bond acceptors (Lipinski definition) is 7. The van der Waals surface area contributed by atoms with Gasteiger partial charge in [-0.3, -0.25) is 9.17 Å². The molecular formula is C23H29N5O2S. The van der Waals surface area contributed by atoms with Crippen LogP contribution in [0.3, 0.4) is 0 Å². The highest BCUT2D eigenvalue weighted by Gasteiger charge is 2.11. The molecule has 31 heavy (non-hydrogen) atoms. The first-order valence-electron chi connectivity index (χ1n) is 10.5. The van der Waals surface area contributed by atoms with Crippen molar-refractivity contribution in [3.05, 3.63) is 64.6 Å². The first-order chi connectivity index (χ1) is 15.2. The van der Waals surface area contributed by atoms with Crippen LogP contribution in [0.2, 0.25) is 0 Å². The highest BCUT2D eigenvalue weighted by molar-refractivity contribution is 7.10. The van der Waals surface area contributed by atoms with E-state index in [0.29, 0.717) is 27.9 Å². The summed E-state index contributed by atoms with van der Waals surface area (Å²) in [5.41, 5.74) is 0.730. The number of aromatic amines is 1. The molecular weight excluding hydrogens is 410 g/mol. The van der Waals surface area contributed by atoms with Gasteiger partial charge in [0.1, 0.15) is 10.8 Å². The Labute approximate surface area is 186 Å². The van der Waals surface area contributed by atoms with Gasteiger partial charge < -0.3 is 20.8 Å². The van der Waals surface area contributed by atoms with Gasteiger partial charge in [0.05, 0.1) is 17.4 Å².